The van der Waals surface area contributed by atoms with Gasteiger partial charge in [-0.05, 0) is 12.8 Å². The number of carboxylic acids is 1. The van der Waals surface area contributed by atoms with Crippen LogP contribution in [0.2, 0.25) is 0 Å². The molecule has 0 saturated heterocycles. The van der Waals surface area contributed by atoms with Gasteiger partial charge in [-0.3, -0.25) is 0 Å². The molecule has 3 nitrogen and oxygen atoms in total. The van der Waals surface area contributed by atoms with Crippen molar-refractivity contribution in [2.75, 3.05) is 0 Å². The summed E-state index contributed by atoms with van der Waals surface area (Å²) in [5.41, 5.74) is 6.01. The Hall–Kier alpha value is -1.25. The van der Waals surface area contributed by atoms with Gasteiger partial charge in [0.1, 0.15) is 0 Å². The highest BCUT2D eigenvalue weighted by molar-refractivity contribution is 5.80. The summed E-state index contributed by atoms with van der Waals surface area (Å²) in [5.74, 6) is -0.662. The summed E-state index contributed by atoms with van der Waals surface area (Å²) >= 11 is 0. The van der Waals surface area contributed by atoms with Crippen LogP contribution in [-0.2, 0) is 4.79 Å². The van der Waals surface area contributed by atoms with Gasteiger partial charge in [0.15, 0.2) is 0 Å². The second kappa shape index (κ2) is 5.41. The molecular weight excluding hydrogens is 166 g/mol. The number of hydrogen-bond acceptors (Lipinski definition) is 2. The Labute approximate surface area is 78.9 Å². The van der Waals surface area contributed by atoms with Gasteiger partial charge in [-0.25, -0.2) is 4.79 Å². The summed E-state index contributed by atoms with van der Waals surface area (Å²) in [6, 6.07) is 0. The molecule has 0 heterocycles. The lowest BCUT2D eigenvalue weighted by Gasteiger charge is -2.16. The smallest absolute Gasteiger partial charge is 0.330 e. The molecule has 0 spiro atoms. The van der Waals surface area contributed by atoms with Gasteiger partial charge in [0, 0.05) is 17.7 Å². The largest absolute Gasteiger partial charge is 0.478 e. The maximum atomic E-state index is 10.3. The van der Waals surface area contributed by atoms with Gasteiger partial charge < -0.3 is 10.8 Å². The lowest BCUT2D eigenvalue weighted by molar-refractivity contribution is -0.131. The van der Waals surface area contributed by atoms with Crippen molar-refractivity contribution in [2.24, 2.45) is 17.6 Å². The van der Waals surface area contributed by atoms with Crippen LogP contribution in [0.25, 0.3) is 0 Å². The summed E-state index contributed by atoms with van der Waals surface area (Å²) < 4.78 is 0. The van der Waals surface area contributed by atoms with Gasteiger partial charge in [0.2, 0.25) is 0 Å². The molecular formula is C10H17NO2. The number of carboxylic acid groups (broad SMARTS) is 1. The predicted molar refractivity (Wildman–Crippen MR) is 53.0 cm³/mol. The van der Waals surface area contributed by atoms with Crippen molar-refractivity contribution < 1.29 is 9.90 Å². The van der Waals surface area contributed by atoms with E-state index in [1.165, 1.54) is 0 Å². The molecule has 0 aliphatic rings. The minimum atomic E-state index is -0.989. The van der Waals surface area contributed by atoms with E-state index in [1.54, 1.807) is 0 Å². The van der Waals surface area contributed by atoms with Crippen LogP contribution in [0.15, 0.2) is 23.9 Å². The van der Waals surface area contributed by atoms with Crippen molar-refractivity contribution in [3.05, 3.63) is 23.9 Å². The van der Waals surface area contributed by atoms with Gasteiger partial charge in [-0.1, -0.05) is 26.0 Å². The molecule has 0 amide bonds. The molecule has 0 aliphatic heterocycles. The molecule has 0 fully saturated rings. The van der Waals surface area contributed by atoms with E-state index < -0.39 is 5.97 Å². The Kier molecular flexibility index (Phi) is 4.89. The summed E-state index contributed by atoms with van der Waals surface area (Å²) in [7, 11) is 0. The summed E-state index contributed by atoms with van der Waals surface area (Å²) in [6.45, 7) is 5.85. The predicted octanol–water partition coefficient (Wildman–Crippen LogP) is 1.76. The average molecular weight is 183 g/mol. The fraction of sp³-hybridized carbons (Fsp3) is 0.500. The van der Waals surface area contributed by atoms with E-state index in [0.29, 0.717) is 5.70 Å². The third-order valence-corrected chi connectivity index (χ3v) is 2.10. The van der Waals surface area contributed by atoms with Gasteiger partial charge >= 0.3 is 5.97 Å². The first-order valence-electron chi connectivity index (χ1n) is 4.31. The average Bonchev–Trinajstić information content (AvgIpc) is 2.02. The highest BCUT2D eigenvalue weighted by Crippen LogP contribution is 2.17. The standard InChI is InChI=1S/C10H17NO2/c1-4-5-7(2)8(3)9(11)6-10(12)13/h4-8H,11H2,1-3H3,(H,12,13). The van der Waals surface area contributed by atoms with Crippen LogP contribution in [0.3, 0.4) is 0 Å². The molecule has 0 aromatic carbocycles. The molecule has 0 rings (SSSR count). The monoisotopic (exact) mass is 183 g/mol. The molecule has 2 atom stereocenters. The zero-order valence-electron chi connectivity index (χ0n) is 8.32. The third-order valence-electron chi connectivity index (χ3n) is 2.10. The fourth-order valence-electron chi connectivity index (χ4n) is 1.05. The molecule has 0 radical (unpaired) electrons. The first-order chi connectivity index (χ1) is 5.99. The molecule has 13 heavy (non-hydrogen) atoms. The summed E-state index contributed by atoms with van der Waals surface area (Å²) in [4.78, 5) is 10.3. The molecule has 3 N–H and O–H groups in total. The Bertz CT molecular complexity index is 231. The zero-order valence-corrected chi connectivity index (χ0v) is 8.32. The quantitative estimate of drug-likeness (QED) is 0.515. The lowest BCUT2D eigenvalue weighted by atomic mass is 9.92. The Morgan fingerprint density at radius 1 is 1.46 bits per heavy atom. The van der Waals surface area contributed by atoms with Crippen molar-refractivity contribution in [1.82, 2.24) is 0 Å². The molecule has 0 bridgehead atoms. The first kappa shape index (κ1) is 11.8. The second-order valence-corrected chi connectivity index (χ2v) is 3.16. The van der Waals surface area contributed by atoms with Gasteiger partial charge in [0.25, 0.3) is 0 Å². The van der Waals surface area contributed by atoms with Gasteiger partial charge in [-0.2, -0.15) is 0 Å². The number of allylic oxidation sites excluding steroid dienone is 3. The fourth-order valence-corrected chi connectivity index (χ4v) is 1.05. The van der Waals surface area contributed by atoms with E-state index in [1.807, 2.05) is 32.9 Å². The first-order valence-corrected chi connectivity index (χ1v) is 4.31. The van der Waals surface area contributed by atoms with E-state index in [2.05, 4.69) is 0 Å². The van der Waals surface area contributed by atoms with Crippen molar-refractivity contribution in [2.45, 2.75) is 20.8 Å². The highest BCUT2D eigenvalue weighted by Gasteiger charge is 2.12. The Balaban J connectivity index is 4.41. The highest BCUT2D eigenvalue weighted by atomic mass is 16.4. The third kappa shape index (κ3) is 4.35. The van der Waals surface area contributed by atoms with Gasteiger partial charge in [0.05, 0.1) is 0 Å². The Morgan fingerprint density at radius 3 is 2.38 bits per heavy atom. The number of aliphatic carboxylic acids is 1. The summed E-state index contributed by atoms with van der Waals surface area (Å²) in [6.07, 6.45) is 5.01. The van der Waals surface area contributed by atoms with Crippen molar-refractivity contribution in [1.29, 1.82) is 0 Å². The number of carbonyl (C=O) groups is 1. The maximum absolute atomic E-state index is 10.3. The minimum absolute atomic E-state index is 0.0623. The van der Waals surface area contributed by atoms with Crippen molar-refractivity contribution in [3.8, 4) is 0 Å². The van der Waals surface area contributed by atoms with E-state index in [-0.39, 0.29) is 11.8 Å². The normalized spacial score (nSPS) is 17.3. The second-order valence-electron chi connectivity index (χ2n) is 3.16. The van der Waals surface area contributed by atoms with E-state index in [4.69, 9.17) is 10.8 Å². The van der Waals surface area contributed by atoms with Crippen LogP contribution in [0.1, 0.15) is 20.8 Å². The van der Waals surface area contributed by atoms with E-state index in [0.717, 1.165) is 6.08 Å². The SMILES string of the molecule is CC=CC(C)C(C)C(N)=CC(=O)O. The van der Waals surface area contributed by atoms with Gasteiger partial charge in [-0.15, -0.1) is 0 Å². The van der Waals surface area contributed by atoms with Crippen LogP contribution >= 0.6 is 0 Å². The number of rotatable bonds is 4. The maximum Gasteiger partial charge on any atom is 0.330 e. The van der Waals surface area contributed by atoms with Crippen LogP contribution in [0.4, 0.5) is 0 Å². The number of hydrogen-bond donors (Lipinski definition) is 2. The van der Waals surface area contributed by atoms with Crippen molar-refractivity contribution in [3.63, 3.8) is 0 Å². The zero-order chi connectivity index (χ0) is 10.4. The van der Waals surface area contributed by atoms with Crippen LogP contribution < -0.4 is 5.73 Å². The molecule has 3 heteroatoms. The molecule has 74 valence electrons. The van der Waals surface area contributed by atoms with E-state index in [9.17, 15) is 4.79 Å². The summed E-state index contributed by atoms with van der Waals surface area (Å²) in [5, 5.41) is 8.47. The minimum Gasteiger partial charge on any atom is -0.478 e. The molecule has 2 unspecified atom stereocenters. The van der Waals surface area contributed by atoms with E-state index >= 15 is 0 Å². The van der Waals surface area contributed by atoms with Crippen LogP contribution in [0.5, 0.6) is 0 Å². The van der Waals surface area contributed by atoms with Crippen LogP contribution in [-0.4, -0.2) is 11.1 Å². The van der Waals surface area contributed by atoms with Crippen LogP contribution in [0, 0.1) is 11.8 Å². The molecule has 0 aromatic heterocycles. The lowest BCUT2D eigenvalue weighted by Crippen LogP contribution is -2.16. The molecule has 0 saturated carbocycles. The number of nitrogens with two attached hydrogens (primary N) is 1. The Morgan fingerprint density at radius 2 is 2.00 bits per heavy atom. The van der Waals surface area contributed by atoms with Crippen molar-refractivity contribution >= 4 is 5.97 Å². The topological polar surface area (TPSA) is 63.3 Å². The molecule has 0 aliphatic carbocycles. The molecule has 0 aromatic rings.